The number of nitrogens with one attached hydrogen (secondary N) is 1. The maximum absolute atomic E-state index is 14.7. The first-order valence-electron chi connectivity index (χ1n) is 8.78. The van der Waals surface area contributed by atoms with Gasteiger partial charge in [-0.2, -0.15) is 0 Å². The summed E-state index contributed by atoms with van der Waals surface area (Å²) < 4.78 is 43.0. The van der Waals surface area contributed by atoms with Crippen LogP contribution in [-0.2, 0) is 6.54 Å². The lowest BCUT2D eigenvalue weighted by Gasteiger charge is -2.13. The summed E-state index contributed by atoms with van der Waals surface area (Å²) in [6.07, 6.45) is 1.38. The van der Waals surface area contributed by atoms with Crippen molar-refractivity contribution in [2.24, 2.45) is 0 Å². The fraction of sp³-hybridized carbons (Fsp3) is 0.143. The predicted octanol–water partition coefficient (Wildman–Crippen LogP) is 3.88. The number of carbonyl (C=O) groups excluding carboxylic acids is 1. The van der Waals surface area contributed by atoms with E-state index in [-0.39, 0.29) is 12.1 Å². The zero-order chi connectivity index (χ0) is 21.8. The molecule has 0 aliphatic carbocycles. The number of halogens is 4. The number of hydrogen-bond acceptors (Lipinski definition) is 4. The summed E-state index contributed by atoms with van der Waals surface area (Å²) in [5.74, 6) is -3.13. The van der Waals surface area contributed by atoms with Gasteiger partial charge < -0.3 is 11.1 Å². The summed E-state index contributed by atoms with van der Waals surface area (Å²) in [6, 6.07) is 7.74. The lowest BCUT2D eigenvalue weighted by atomic mass is 10.0. The Morgan fingerprint density at radius 2 is 1.77 bits per heavy atom. The maximum atomic E-state index is 14.7. The molecule has 0 aliphatic rings. The molecule has 156 valence electrons. The Hall–Kier alpha value is -2.82. The van der Waals surface area contributed by atoms with E-state index < -0.39 is 49.7 Å². The molecule has 5 nitrogen and oxygen atoms in total. The third-order valence-electron chi connectivity index (χ3n) is 4.41. The molecule has 0 unspecified atom stereocenters. The number of aryl methyl sites for hydroxylation is 1. The zero-order valence-electron chi connectivity index (χ0n) is 16.1. The van der Waals surface area contributed by atoms with Crippen LogP contribution in [0.1, 0.15) is 32.7 Å². The first kappa shape index (κ1) is 21.9. The molecule has 0 aliphatic heterocycles. The van der Waals surface area contributed by atoms with Crippen molar-refractivity contribution in [3.63, 3.8) is 0 Å². The highest BCUT2D eigenvalue weighted by molar-refractivity contribution is 14.2. The van der Waals surface area contributed by atoms with Crippen molar-refractivity contribution >= 4 is 36.0 Å². The number of carbonyl (C=O) groups is 1. The van der Waals surface area contributed by atoms with E-state index in [1.165, 1.54) is 18.5 Å². The SMILES string of the molecule is CI=C(c1ccc(CNC(=O)c2c(F)cccc2F)c(F)c1)c1c(C)ncnc1N. The molecule has 0 fully saturated rings. The van der Waals surface area contributed by atoms with Gasteiger partial charge in [-0.1, -0.05) is 18.2 Å². The number of nitrogens with zero attached hydrogens (tertiary/aromatic N) is 2. The van der Waals surface area contributed by atoms with Crippen LogP contribution < -0.4 is 11.1 Å². The average Bonchev–Trinajstić information content (AvgIpc) is 2.70. The molecule has 3 rings (SSSR count). The van der Waals surface area contributed by atoms with Gasteiger partial charge in [0.1, 0.15) is 35.2 Å². The molecule has 0 saturated carbocycles. The molecule has 1 amide bonds. The van der Waals surface area contributed by atoms with Gasteiger partial charge in [-0.15, -0.1) is 20.7 Å². The zero-order valence-corrected chi connectivity index (χ0v) is 18.3. The minimum absolute atomic E-state index is 0.187. The van der Waals surface area contributed by atoms with Gasteiger partial charge in [0.2, 0.25) is 0 Å². The number of hydrogen-bond donors (Lipinski definition) is 2. The number of anilines is 1. The van der Waals surface area contributed by atoms with E-state index in [0.717, 1.165) is 21.7 Å². The van der Waals surface area contributed by atoms with Gasteiger partial charge in [0, 0.05) is 15.6 Å². The molecule has 1 aromatic heterocycles. The van der Waals surface area contributed by atoms with Crippen molar-refractivity contribution in [2.45, 2.75) is 13.5 Å². The molecule has 0 atom stereocenters. The number of rotatable bonds is 5. The standard InChI is InChI=1S/C21H18F3IN4O/c1-11-17(20(26)29-10-28-11)19(25-2)12-6-7-13(16(24)8-12)9-27-21(30)18-14(22)4-3-5-15(18)23/h3-8,10H,9H2,1-2H3,(H,27,30)(H2,26,28,29). The van der Waals surface area contributed by atoms with Crippen LogP contribution in [0.5, 0.6) is 0 Å². The van der Waals surface area contributed by atoms with Crippen molar-refractivity contribution in [1.29, 1.82) is 0 Å². The van der Waals surface area contributed by atoms with Crippen LogP contribution in [0, 0.1) is 24.4 Å². The monoisotopic (exact) mass is 526 g/mol. The molecule has 9 heteroatoms. The highest BCUT2D eigenvalue weighted by atomic mass is 127. The van der Waals surface area contributed by atoms with Crippen LogP contribution in [0.25, 0.3) is 0 Å². The van der Waals surface area contributed by atoms with Crippen LogP contribution in [0.15, 0.2) is 42.7 Å². The molecule has 30 heavy (non-hydrogen) atoms. The Morgan fingerprint density at radius 3 is 2.37 bits per heavy atom. The van der Waals surface area contributed by atoms with Crippen LogP contribution in [-0.4, -0.2) is 24.3 Å². The Balaban J connectivity index is 1.83. The Morgan fingerprint density at radius 1 is 1.07 bits per heavy atom. The summed E-state index contributed by atoms with van der Waals surface area (Å²) in [7, 11) is 0. The topological polar surface area (TPSA) is 80.9 Å². The number of nitrogens with two attached hydrogens (primary N) is 1. The number of aromatic nitrogens is 2. The maximum Gasteiger partial charge on any atom is 0.257 e. The Kier molecular flexibility index (Phi) is 6.80. The molecule has 2 aromatic carbocycles. The Bertz CT molecular complexity index is 1110. The molecule has 1 heterocycles. The van der Waals surface area contributed by atoms with Gasteiger partial charge in [0.05, 0.1) is 11.3 Å². The molecule has 3 aromatic rings. The predicted molar refractivity (Wildman–Crippen MR) is 118 cm³/mol. The minimum Gasteiger partial charge on any atom is -0.383 e. The summed E-state index contributed by atoms with van der Waals surface area (Å²) in [5, 5.41) is 2.35. The highest BCUT2D eigenvalue weighted by Gasteiger charge is 2.18. The van der Waals surface area contributed by atoms with E-state index in [0.29, 0.717) is 22.6 Å². The second kappa shape index (κ2) is 9.33. The van der Waals surface area contributed by atoms with Crippen molar-refractivity contribution < 1.29 is 18.0 Å². The van der Waals surface area contributed by atoms with E-state index in [1.54, 1.807) is 6.07 Å². The van der Waals surface area contributed by atoms with Gasteiger partial charge in [-0.25, -0.2) is 23.1 Å². The molecule has 0 saturated heterocycles. The lowest BCUT2D eigenvalue weighted by molar-refractivity contribution is 0.0942. The quantitative estimate of drug-likeness (QED) is 0.391. The van der Waals surface area contributed by atoms with Crippen molar-refractivity contribution in [3.8, 4) is 0 Å². The number of nitrogen functional groups attached to an aromatic ring is 1. The molecule has 0 spiro atoms. The van der Waals surface area contributed by atoms with E-state index in [2.05, 4.69) is 15.3 Å². The Labute approximate surface area is 181 Å². The van der Waals surface area contributed by atoms with Gasteiger partial charge in [0.15, 0.2) is 0 Å². The molecular weight excluding hydrogens is 508 g/mol. The molecule has 0 bridgehead atoms. The van der Waals surface area contributed by atoms with Crippen molar-refractivity contribution in [3.05, 3.63) is 88.1 Å². The fourth-order valence-electron chi connectivity index (χ4n) is 2.92. The summed E-state index contributed by atoms with van der Waals surface area (Å²) in [5.41, 5.74) is 7.57. The van der Waals surface area contributed by atoms with E-state index in [4.69, 9.17) is 5.73 Å². The number of amides is 1. The highest BCUT2D eigenvalue weighted by Crippen LogP contribution is 2.23. The lowest BCUT2D eigenvalue weighted by Crippen LogP contribution is -2.25. The summed E-state index contributed by atoms with van der Waals surface area (Å²) in [4.78, 5) is 22.3. The third kappa shape index (κ3) is 4.50. The van der Waals surface area contributed by atoms with E-state index in [9.17, 15) is 18.0 Å². The fourth-order valence-corrected chi connectivity index (χ4v) is 5.08. The normalized spacial score (nSPS) is 11.7. The number of alkyl halides is 1. The summed E-state index contributed by atoms with van der Waals surface area (Å²) in [6.45, 7) is 1.60. The molecular formula is C21H18F3IN4O. The molecule has 3 N–H and O–H groups in total. The van der Waals surface area contributed by atoms with E-state index >= 15 is 0 Å². The first-order chi connectivity index (χ1) is 14.3. The average molecular weight is 526 g/mol. The van der Waals surface area contributed by atoms with Gasteiger partial charge in [-0.05, 0) is 35.6 Å². The smallest absolute Gasteiger partial charge is 0.257 e. The van der Waals surface area contributed by atoms with Crippen LogP contribution in [0.4, 0.5) is 19.0 Å². The van der Waals surface area contributed by atoms with Crippen LogP contribution in [0.3, 0.4) is 0 Å². The van der Waals surface area contributed by atoms with Gasteiger partial charge >= 0.3 is 0 Å². The van der Waals surface area contributed by atoms with Gasteiger partial charge in [-0.3, -0.25) is 4.79 Å². The van der Waals surface area contributed by atoms with E-state index in [1.807, 2.05) is 11.9 Å². The van der Waals surface area contributed by atoms with Gasteiger partial charge in [0.25, 0.3) is 5.91 Å². The van der Waals surface area contributed by atoms with Crippen LogP contribution >= 0.6 is 20.7 Å². The second-order valence-corrected chi connectivity index (χ2v) is 8.47. The first-order valence-corrected chi connectivity index (χ1v) is 12.0. The number of benzene rings is 2. The van der Waals surface area contributed by atoms with Crippen molar-refractivity contribution in [2.75, 3.05) is 10.7 Å². The third-order valence-corrected chi connectivity index (χ3v) is 6.65. The van der Waals surface area contributed by atoms with Crippen LogP contribution in [0.2, 0.25) is 0 Å². The largest absolute Gasteiger partial charge is 0.383 e. The van der Waals surface area contributed by atoms with Crippen molar-refractivity contribution in [1.82, 2.24) is 15.3 Å². The minimum atomic E-state index is -0.979. The molecule has 0 radical (unpaired) electrons. The summed E-state index contributed by atoms with van der Waals surface area (Å²) >= 11 is -0.492. The second-order valence-electron chi connectivity index (χ2n) is 6.31.